The van der Waals surface area contributed by atoms with Gasteiger partial charge in [-0.15, -0.1) is 0 Å². The van der Waals surface area contributed by atoms with Crippen molar-refractivity contribution in [2.45, 2.75) is 19.3 Å². The second-order valence-corrected chi connectivity index (χ2v) is 6.51. The van der Waals surface area contributed by atoms with Gasteiger partial charge in [0.2, 0.25) is 5.91 Å². The molecule has 5 nitrogen and oxygen atoms in total. The summed E-state index contributed by atoms with van der Waals surface area (Å²) < 4.78 is 27.4. The molecule has 0 unspecified atom stereocenters. The molecule has 0 aromatic heterocycles. The lowest BCUT2D eigenvalue weighted by Crippen LogP contribution is -2.42. The maximum Gasteiger partial charge on any atom is 0.325 e. The Bertz CT molecular complexity index is 596. The number of rotatable bonds is 5. The van der Waals surface area contributed by atoms with Gasteiger partial charge in [0.25, 0.3) is 0 Å². The van der Waals surface area contributed by atoms with E-state index in [0.29, 0.717) is 5.69 Å². The summed E-state index contributed by atoms with van der Waals surface area (Å²) in [5, 5.41) is 0. The van der Waals surface area contributed by atoms with Crippen molar-refractivity contribution < 1.29 is 13.2 Å². The van der Waals surface area contributed by atoms with E-state index in [1.54, 1.807) is 30.3 Å². The molecule has 108 valence electrons. The molecule has 0 saturated carbocycles. The Morgan fingerprint density at radius 2 is 2.05 bits per heavy atom. The van der Waals surface area contributed by atoms with Crippen LogP contribution in [0, 0.1) is 5.92 Å². The summed E-state index contributed by atoms with van der Waals surface area (Å²) in [6.45, 7) is 0. The number of nitrogens with zero attached hydrogens (tertiary/aromatic N) is 1. The van der Waals surface area contributed by atoms with Crippen LogP contribution in [0.5, 0.6) is 0 Å². The quantitative estimate of drug-likeness (QED) is 0.843. The molecular weight excluding hydrogens is 276 g/mol. The van der Waals surface area contributed by atoms with Crippen LogP contribution < -0.4 is 9.03 Å². The lowest BCUT2D eigenvalue weighted by atomic mass is 10.1. The molecule has 0 fully saturated rings. The maximum absolute atomic E-state index is 12.1. The first-order valence-corrected chi connectivity index (χ1v) is 7.94. The van der Waals surface area contributed by atoms with Crippen molar-refractivity contribution in [2.75, 3.05) is 11.4 Å². The van der Waals surface area contributed by atoms with Gasteiger partial charge in [-0.3, -0.25) is 9.10 Å². The lowest BCUT2D eigenvalue weighted by molar-refractivity contribution is -0.119. The van der Waals surface area contributed by atoms with Gasteiger partial charge in [-0.05, 0) is 30.9 Å². The number of hydrogen-bond acceptors (Lipinski definition) is 3. The van der Waals surface area contributed by atoms with E-state index < -0.39 is 16.1 Å². The smallest absolute Gasteiger partial charge is 0.274 e. The van der Waals surface area contributed by atoms with Gasteiger partial charge in [-0.25, -0.2) is 4.72 Å². The molecule has 0 radical (unpaired) electrons. The minimum absolute atomic E-state index is 0.146. The van der Waals surface area contributed by atoms with E-state index in [-0.39, 0.29) is 12.3 Å². The van der Waals surface area contributed by atoms with Crippen LogP contribution in [-0.2, 0) is 15.0 Å². The van der Waals surface area contributed by atoms with Crippen LogP contribution in [-0.4, -0.2) is 21.4 Å². The molecule has 0 saturated heterocycles. The van der Waals surface area contributed by atoms with Crippen molar-refractivity contribution >= 4 is 21.8 Å². The largest absolute Gasteiger partial charge is 0.325 e. The number of para-hydroxylation sites is 1. The molecule has 1 aromatic rings. The van der Waals surface area contributed by atoms with Crippen LogP contribution in [0.4, 0.5) is 5.69 Å². The highest BCUT2D eigenvalue weighted by atomic mass is 32.2. The Balaban J connectivity index is 1.99. The molecule has 1 atom stereocenters. The highest BCUT2D eigenvalue weighted by Gasteiger charge is 2.22. The predicted molar refractivity (Wildman–Crippen MR) is 78.4 cm³/mol. The van der Waals surface area contributed by atoms with Crippen molar-refractivity contribution in [3.63, 3.8) is 0 Å². The fourth-order valence-electron chi connectivity index (χ4n) is 2.13. The molecule has 0 bridgehead atoms. The average Bonchev–Trinajstić information content (AvgIpc) is 2.91. The molecule has 0 heterocycles. The summed E-state index contributed by atoms with van der Waals surface area (Å²) in [4.78, 5) is 11.8. The second-order valence-electron chi connectivity index (χ2n) is 4.80. The first kappa shape index (κ1) is 14.6. The minimum atomic E-state index is -3.84. The standard InChI is InChI=1S/C14H18N2O3S/c1-16(13-9-3-2-4-10-13)20(18,19)15-14(17)11-12-7-5-6-8-12/h2-5,7,9-10,12H,6,8,11H2,1H3,(H,15,17)/t12-/m0/s1. The van der Waals surface area contributed by atoms with E-state index in [1.807, 2.05) is 12.2 Å². The number of anilines is 1. The van der Waals surface area contributed by atoms with Crippen LogP contribution >= 0.6 is 0 Å². The number of allylic oxidation sites excluding steroid dienone is 2. The van der Waals surface area contributed by atoms with Gasteiger partial charge >= 0.3 is 10.2 Å². The second kappa shape index (κ2) is 6.09. The van der Waals surface area contributed by atoms with E-state index in [0.717, 1.165) is 17.1 Å². The molecule has 1 aliphatic carbocycles. The van der Waals surface area contributed by atoms with Crippen molar-refractivity contribution in [1.29, 1.82) is 0 Å². The van der Waals surface area contributed by atoms with Gasteiger partial charge in [0.05, 0.1) is 5.69 Å². The molecule has 6 heteroatoms. The van der Waals surface area contributed by atoms with Crippen molar-refractivity contribution in [1.82, 2.24) is 4.72 Å². The lowest BCUT2D eigenvalue weighted by Gasteiger charge is -2.20. The summed E-state index contributed by atoms with van der Waals surface area (Å²) in [5.74, 6) is -0.323. The van der Waals surface area contributed by atoms with Crippen LogP contribution in [0.15, 0.2) is 42.5 Å². The maximum atomic E-state index is 12.1. The van der Waals surface area contributed by atoms with E-state index in [2.05, 4.69) is 4.72 Å². The Kier molecular flexibility index (Phi) is 4.44. The van der Waals surface area contributed by atoms with Crippen LogP contribution in [0.2, 0.25) is 0 Å². The number of nitrogens with one attached hydrogen (secondary N) is 1. The summed E-state index contributed by atoms with van der Waals surface area (Å²) in [6.07, 6.45) is 6.05. The van der Waals surface area contributed by atoms with Crippen molar-refractivity contribution in [3.05, 3.63) is 42.5 Å². The van der Waals surface area contributed by atoms with E-state index in [4.69, 9.17) is 0 Å². The predicted octanol–water partition coefficient (Wildman–Crippen LogP) is 1.84. The Hall–Kier alpha value is -1.82. The Labute approximate surface area is 119 Å². The first-order valence-electron chi connectivity index (χ1n) is 6.50. The first-order chi connectivity index (χ1) is 9.49. The Morgan fingerprint density at radius 1 is 1.35 bits per heavy atom. The monoisotopic (exact) mass is 294 g/mol. The average molecular weight is 294 g/mol. The highest BCUT2D eigenvalue weighted by molar-refractivity contribution is 7.91. The summed E-state index contributed by atoms with van der Waals surface area (Å²) in [7, 11) is -2.43. The van der Waals surface area contributed by atoms with Gasteiger partial charge in [0.1, 0.15) is 0 Å². The SMILES string of the molecule is CN(c1ccccc1)S(=O)(=O)NC(=O)C[C@H]1C=CCC1. The topological polar surface area (TPSA) is 66.5 Å². The number of benzene rings is 1. The van der Waals surface area contributed by atoms with E-state index in [1.165, 1.54) is 7.05 Å². The molecule has 1 N–H and O–H groups in total. The molecule has 1 amide bonds. The summed E-state index contributed by atoms with van der Waals surface area (Å²) in [6, 6.07) is 8.63. The number of hydrogen-bond donors (Lipinski definition) is 1. The van der Waals surface area contributed by atoms with Crippen LogP contribution in [0.25, 0.3) is 0 Å². The highest BCUT2D eigenvalue weighted by Crippen LogP contribution is 2.20. The third kappa shape index (κ3) is 3.60. The molecule has 2 rings (SSSR count). The van der Waals surface area contributed by atoms with Crippen molar-refractivity contribution in [3.8, 4) is 0 Å². The van der Waals surface area contributed by atoms with Gasteiger partial charge in [0, 0.05) is 13.5 Å². The zero-order valence-electron chi connectivity index (χ0n) is 11.3. The van der Waals surface area contributed by atoms with Crippen molar-refractivity contribution in [2.24, 2.45) is 5.92 Å². The van der Waals surface area contributed by atoms with Gasteiger partial charge in [-0.1, -0.05) is 30.4 Å². The number of carbonyl (C=O) groups excluding carboxylic acids is 1. The summed E-state index contributed by atoms with van der Waals surface area (Å²) in [5.41, 5.74) is 0.508. The fourth-order valence-corrected chi connectivity index (χ4v) is 3.04. The third-order valence-corrected chi connectivity index (χ3v) is 4.70. The number of carbonyl (C=O) groups is 1. The molecule has 0 aliphatic heterocycles. The van der Waals surface area contributed by atoms with Crippen LogP contribution in [0.3, 0.4) is 0 Å². The van der Waals surface area contributed by atoms with E-state index in [9.17, 15) is 13.2 Å². The van der Waals surface area contributed by atoms with Crippen LogP contribution in [0.1, 0.15) is 19.3 Å². The van der Waals surface area contributed by atoms with Gasteiger partial charge in [-0.2, -0.15) is 8.42 Å². The normalized spacial score (nSPS) is 17.9. The molecule has 0 spiro atoms. The number of amides is 1. The fraction of sp³-hybridized carbons (Fsp3) is 0.357. The summed E-state index contributed by atoms with van der Waals surface area (Å²) >= 11 is 0. The third-order valence-electron chi connectivity index (χ3n) is 3.28. The Morgan fingerprint density at radius 3 is 2.65 bits per heavy atom. The molecule has 20 heavy (non-hydrogen) atoms. The molecular formula is C14H18N2O3S. The minimum Gasteiger partial charge on any atom is -0.274 e. The zero-order valence-corrected chi connectivity index (χ0v) is 12.1. The molecule has 1 aromatic carbocycles. The molecule has 1 aliphatic rings. The zero-order chi connectivity index (χ0) is 14.6. The van der Waals surface area contributed by atoms with Gasteiger partial charge < -0.3 is 0 Å². The van der Waals surface area contributed by atoms with Gasteiger partial charge in [0.15, 0.2) is 0 Å². The van der Waals surface area contributed by atoms with E-state index >= 15 is 0 Å².